The van der Waals surface area contributed by atoms with E-state index in [0.29, 0.717) is 22.9 Å². The van der Waals surface area contributed by atoms with Gasteiger partial charge in [-0.25, -0.2) is 4.98 Å². The van der Waals surface area contributed by atoms with E-state index in [1.165, 1.54) is 77.9 Å². The maximum Gasteiger partial charge on any atom is 0.242 e. The predicted octanol–water partition coefficient (Wildman–Crippen LogP) is 25.9. The molecule has 0 aliphatic heterocycles. The Balaban J connectivity index is 0.00000876. The van der Waals surface area contributed by atoms with E-state index in [1.54, 1.807) is 6.07 Å². The summed E-state index contributed by atoms with van der Waals surface area (Å²) < 4.78 is 13.3. The van der Waals surface area contributed by atoms with Gasteiger partial charge in [-0.1, -0.05) is 269 Å². The first-order valence-corrected chi connectivity index (χ1v) is 36.5. The maximum atomic E-state index is 8.40. The first kappa shape index (κ1) is 68.9. The molecule has 3 heterocycles. The van der Waals surface area contributed by atoms with E-state index in [2.05, 4.69) is 369 Å². The van der Waals surface area contributed by atoms with Gasteiger partial charge in [-0.2, -0.15) is 12.1 Å². The molecule has 0 bridgehead atoms. The van der Waals surface area contributed by atoms with Gasteiger partial charge in [-0.3, -0.25) is 4.85 Å². The van der Waals surface area contributed by atoms with Crippen molar-refractivity contribution in [2.45, 2.75) is 58.4 Å². The average Bonchev–Trinajstić information content (AvgIpc) is 1.72. The molecule has 0 N–H and O–H groups in total. The van der Waals surface area contributed by atoms with Crippen LogP contribution in [0.2, 0.25) is 0 Å². The Hall–Kier alpha value is -12.5. The number of ether oxygens (including phenoxy) is 1. The molecule has 0 fully saturated rings. The van der Waals surface area contributed by atoms with Crippen molar-refractivity contribution in [3.63, 3.8) is 0 Å². The molecule has 0 atom stereocenters. The van der Waals surface area contributed by atoms with E-state index in [1.807, 2.05) is 22.9 Å². The average molecular weight is 1560 g/mol. The van der Waals surface area contributed by atoms with Crippen LogP contribution in [0.15, 0.2) is 340 Å². The van der Waals surface area contributed by atoms with Crippen LogP contribution in [0.4, 0.5) is 5.69 Å². The van der Waals surface area contributed by atoms with E-state index in [4.69, 9.17) is 16.3 Å². The Morgan fingerprint density at radius 2 is 0.879 bits per heavy atom. The fraction of sp³-hybridized carbons (Fsp3) is 0.0900. The molecule has 17 aromatic rings. The van der Waals surface area contributed by atoms with Crippen LogP contribution < -0.4 is 9.30 Å². The van der Waals surface area contributed by atoms with Crippen molar-refractivity contribution in [2.75, 3.05) is 0 Å². The maximum absolute atomic E-state index is 8.40. The van der Waals surface area contributed by atoms with Crippen molar-refractivity contribution >= 4 is 38.5 Å². The molecule has 14 aromatic carbocycles. The number of imidazole rings is 1. The number of nitrogens with zero attached hydrogens (tertiary/aromatic N) is 5. The van der Waals surface area contributed by atoms with Gasteiger partial charge in [-0.15, -0.1) is 29.7 Å². The summed E-state index contributed by atoms with van der Waals surface area (Å²) in [6.45, 7) is 15.8. The molecule has 7 heteroatoms. The first-order chi connectivity index (χ1) is 52.1. The van der Waals surface area contributed by atoms with Gasteiger partial charge in [0, 0.05) is 38.5 Å². The molecule has 3 aromatic heterocycles. The number of hydrogen-bond acceptors (Lipinski definition) is 2. The molecular formula is C100H75N5OPt-2. The summed E-state index contributed by atoms with van der Waals surface area (Å²) in [5, 5.41) is 2.07. The minimum Gasteiger partial charge on any atom is -0.511 e. The fourth-order valence-electron chi connectivity index (χ4n) is 15.0. The summed E-state index contributed by atoms with van der Waals surface area (Å²) in [5.74, 6) is 1.67. The molecule has 0 spiro atoms. The Morgan fingerprint density at radius 1 is 0.402 bits per heavy atom. The number of aryl methyl sites for hydroxylation is 1. The minimum atomic E-state index is -0.122. The number of pyridine rings is 1. The van der Waals surface area contributed by atoms with Crippen LogP contribution >= 0.6 is 0 Å². The zero-order valence-corrected chi connectivity index (χ0v) is 62.1. The molecule has 518 valence electrons. The molecule has 6 nitrogen and oxygen atoms in total. The molecule has 0 aliphatic rings. The number of rotatable bonds is 19. The molecule has 0 unspecified atom stereocenters. The largest absolute Gasteiger partial charge is 0.511 e. The summed E-state index contributed by atoms with van der Waals surface area (Å²) in [7, 11) is 0. The summed E-state index contributed by atoms with van der Waals surface area (Å²) in [6, 6.07) is 127. The summed E-state index contributed by atoms with van der Waals surface area (Å²) in [5.41, 5.74) is 28.4. The number of unbranched alkanes of at least 4 members (excludes halogenated alkanes) is 2. The van der Waals surface area contributed by atoms with E-state index < -0.39 is 0 Å². The van der Waals surface area contributed by atoms with Crippen LogP contribution in [-0.4, -0.2) is 14.1 Å². The van der Waals surface area contributed by atoms with Gasteiger partial charge in [0.1, 0.15) is 5.82 Å². The third-order valence-corrected chi connectivity index (χ3v) is 20.4. The Morgan fingerprint density at radius 3 is 1.37 bits per heavy atom. The van der Waals surface area contributed by atoms with Crippen LogP contribution in [0.3, 0.4) is 0 Å². The smallest absolute Gasteiger partial charge is 0.242 e. The number of hydrogen-bond donors (Lipinski definition) is 0. The second-order valence-electron chi connectivity index (χ2n) is 28.4. The number of fused-ring (bicyclic) bond motifs is 4. The molecule has 17 rings (SSSR count). The molecular weight excluding hydrogens is 1480 g/mol. The Kier molecular flexibility index (Phi) is 19.5. The Labute approximate surface area is 640 Å². The van der Waals surface area contributed by atoms with Gasteiger partial charge in [0.15, 0.2) is 0 Å². The summed E-state index contributed by atoms with van der Waals surface area (Å²) in [4.78, 5) is 9.03. The van der Waals surface area contributed by atoms with E-state index in [-0.39, 0.29) is 26.5 Å². The molecule has 0 aliphatic carbocycles. The minimum absolute atomic E-state index is 0. The fourth-order valence-corrected chi connectivity index (χ4v) is 15.0. The van der Waals surface area contributed by atoms with Crippen LogP contribution in [0.1, 0.15) is 51.2 Å². The third kappa shape index (κ3) is 14.5. The van der Waals surface area contributed by atoms with Crippen LogP contribution in [0.25, 0.3) is 149 Å². The van der Waals surface area contributed by atoms with Gasteiger partial charge in [0.2, 0.25) is 6.33 Å². The summed E-state index contributed by atoms with van der Waals surface area (Å²) >= 11 is 0. The van der Waals surface area contributed by atoms with E-state index >= 15 is 0 Å². The standard InChI is InChI=1S/C100H75N5O.Pt/c1-100(2,3)85-50-51-102-99(63-85)105-95-49-46-75(82-56-76(69-29-12-5-13-30-69)53-77(57-82)70-31-14-6-15-32-70)62-94(95)93-48-47-88(67-98(93)105)106-89-65-86(101-4)64-87(66-89)104-68-103(96-44-25-26-45-97(96)104)52-27-11-24-41-92-90(83-58-78(71-33-16-7-17-34-71)54-79(59-83)72-35-18-8-19-36-72)42-28-43-91(92)84-60-80(73-37-20-9-21-38-73)55-81(61-84)74-39-22-10-23-40-74;/h5-10,12-23,25-26,28-40,42-51,53-65H,11,24,27,41,52H2,1-3H3;/q-2;. The predicted molar refractivity (Wildman–Crippen MR) is 437 cm³/mol. The normalized spacial score (nSPS) is 11.4. The molecule has 0 radical (unpaired) electrons. The number of benzene rings is 14. The number of aromatic nitrogens is 4. The van der Waals surface area contributed by atoms with Crippen molar-refractivity contribution in [1.29, 1.82) is 0 Å². The SMILES string of the molecule is [C-]#[N+]c1cc(Oc2[c-]c3c(cc2)c2cc(-c4cc(-c5ccccc5)cc(-c5ccccc5)c4)ccc2n3-c2cc(C(C)(C)C)ccn2)[c-]c(-n2[c-][n+](CCCCCc3c(-c4cc(-c5ccccc5)cc(-c5ccccc5)c4)cccc3-c3cc(-c4ccccc4)cc(-c4ccccc4)c3)c3ccccc32)c1.[Pt]. The van der Waals surface area contributed by atoms with Crippen molar-refractivity contribution in [3.8, 4) is 123 Å². The number of para-hydroxylation sites is 2. The first-order valence-electron chi connectivity index (χ1n) is 36.5. The zero-order valence-electron chi connectivity index (χ0n) is 59.8. The molecule has 107 heavy (non-hydrogen) atoms. The second kappa shape index (κ2) is 30.3. The van der Waals surface area contributed by atoms with E-state index in [0.717, 1.165) is 104 Å². The van der Waals surface area contributed by atoms with Crippen LogP contribution in [0.5, 0.6) is 11.5 Å². The van der Waals surface area contributed by atoms with Gasteiger partial charge < -0.3 is 18.4 Å². The van der Waals surface area contributed by atoms with Crippen molar-refractivity contribution in [1.82, 2.24) is 14.1 Å². The molecule has 0 amide bonds. The van der Waals surface area contributed by atoms with Crippen molar-refractivity contribution < 1.29 is 30.4 Å². The van der Waals surface area contributed by atoms with E-state index in [9.17, 15) is 0 Å². The monoisotopic (exact) mass is 1560 g/mol. The van der Waals surface area contributed by atoms with Gasteiger partial charge >= 0.3 is 0 Å². The summed E-state index contributed by atoms with van der Waals surface area (Å²) in [6.07, 6.45) is 9.36. The quantitative estimate of drug-likeness (QED) is 0.0460. The zero-order chi connectivity index (χ0) is 71.5. The molecule has 0 saturated heterocycles. The second-order valence-corrected chi connectivity index (χ2v) is 28.4. The third-order valence-electron chi connectivity index (χ3n) is 20.4. The molecule has 0 saturated carbocycles. The van der Waals surface area contributed by atoms with Crippen molar-refractivity contribution in [3.05, 3.63) is 381 Å². The van der Waals surface area contributed by atoms with Gasteiger partial charge in [0.25, 0.3) is 0 Å². The van der Waals surface area contributed by atoms with Gasteiger partial charge in [0.05, 0.1) is 29.8 Å². The Bertz CT molecular complexity index is 5800. The van der Waals surface area contributed by atoms with Crippen LogP contribution in [-0.2, 0) is 39.4 Å². The van der Waals surface area contributed by atoms with Gasteiger partial charge in [-0.05, 0) is 226 Å². The van der Waals surface area contributed by atoms with Crippen molar-refractivity contribution in [2.24, 2.45) is 0 Å². The van der Waals surface area contributed by atoms with Crippen LogP contribution in [0, 0.1) is 25.0 Å². The topological polar surface area (TPSA) is 40.2 Å².